The minimum Gasteiger partial charge on any atom is -0.265 e. The zero-order valence-corrected chi connectivity index (χ0v) is 13.7. The number of aromatic nitrogens is 3. The Kier molecular flexibility index (Phi) is 3.54. The third kappa shape index (κ3) is 2.65. The molecule has 4 rings (SSSR count). The molecular weight excluding hydrogens is 294 g/mol. The largest absolute Gasteiger partial charge is 0.265 e. The second-order valence-electron chi connectivity index (χ2n) is 6.07. The van der Waals surface area contributed by atoms with E-state index in [2.05, 4.69) is 65.2 Å². The maximum Gasteiger partial charge on any atom is 0.116 e. The predicted octanol–water partition coefficient (Wildman–Crippen LogP) is 4.98. The van der Waals surface area contributed by atoms with Gasteiger partial charge in [0.2, 0.25) is 0 Å². The fourth-order valence-corrected chi connectivity index (χ4v) is 3.12. The molecule has 0 aliphatic carbocycles. The molecule has 2 aromatic heterocycles. The van der Waals surface area contributed by atoms with Crippen molar-refractivity contribution in [3.8, 4) is 22.4 Å². The van der Waals surface area contributed by atoms with Crippen LogP contribution >= 0.6 is 0 Å². The van der Waals surface area contributed by atoms with Crippen LogP contribution in [0.3, 0.4) is 0 Å². The van der Waals surface area contributed by atoms with Crippen molar-refractivity contribution >= 4 is 10.9 Å². The summed E-state index contributed by atoms with van der Waals surface area (Å²) in [4.78, 5) is 13.1. The number of benzene rings is 2. The van der Waals surface area contributed by atoms with E-state index in [9.17, 15) is 0 Å². The van der Waals surface area contributed by atoms with Crippen LogP contribution in [0.1, 0.15) is 11.1 Å². The zero-order valence-electron chi connectivity index (χ0n) is 13.7. The van der Waals surface area contributed by atoms with Gasteiger partial charge in [0.05, 0.1) is 11.2 Å². The fraction of sp³-hybridized carbons (Fsp3) is 0.0952. The molecule has 4 aromatic rings. The van der Waals surface area contributed by atoms with Crippen molar-refractivity contribution in [2.24, 2.45) is 0 Å². The summed E-state index contributed by atoms with van der Waals surface area (Å²) in [5, 5.41) is 1.07. The van der Waals surface area contributed by atoms with Crippen LogP contribution < -0.4 is 0 Å². The molecule has 0 spiro atoms. The molecule has 2 heterocycles. The molecule has 0 amide bonds. The summed E-state index contributed by atoms with van der Waals surface area (Å²) in [5.74, 6) is 0. The molecule has 0 fully saturated rings. The molecule has 0 saturated carbocycles. The number of nitrogens with zero attached hydrogens (tertiary/aromatic N) is 3. The third-order valence-electron chi connectivity index (χ3n) is 4.15. The standard InChI is InChI=1S/C21H17N3/c1-14-9-15(2)11-18(10-14)21-19-4-3-17(12-20(19)23-13-24-21)16-5-7-22-8-6-16/h3-13H,1-2H3. The summed E-state index contributed by atoms with van der Waals surface area (Å²) >= 11 is 0. The normalized spacial score (nSPS) is 10.9. The lowest BCUT2D eigenvalue weighted by atomic mass is 9.99. The van der Waals surface area contributed by atoms with Gasteiger partial charge in [0.25, 0.3) is 0 Å². The molecule has 2 aromatic carbocycles. The predicted molar refractivity (Wildman–Crippen MR) is 97.7 cm³/mol. The van der Waals surface area contributed by atoms with Gasteiger partial charge in [-0.2, -0.15) is 0 Å². The molecule has 0 aliphatic rings. The lowest BCUT2D eigenvalue weighted by molar-refractivity contribution is 1.22. The topological polar surface area (TPSA) is 38.7 Å². The second kappa shape index (κ2) is 5.85. The van der Waals surface area contributed by atoms with Crippen LogP contribution in [-0.4, -0.2) is 15.0 Å². The van der Waals surface area contributed by atoms with Crippen LogP contribution in [-0.2, 0) is 0 Å². The van der Waals surface area contributed by atoms with E-state index < -0.39 is 0 Å². The van der Waals surface area contributed by atoms with Gasteiger partial charge in [-0.05, 0) is 61.4 Å². The molecule has 24 heavy (non-hydrogen) atoms. The van der Waals surface area contributed by atoms with Gasteiger partial charge in [0.15, 0.2) is 0 Å². The van der Waals surface area contributed by atoms with E-state index in [0.29, 0.717) is 0 Å². The van der Waals surface area contributed by atoms with Gasteiger partial charge in [-0.3, -0.25) is 4.98 Å². The molecule has 3 nitrogen and oxygen atoms in total. The van der Waals surface area contributed by atoms with Gasteiger partial charge in [-0.25, -0.2) is 9.97 Å². The van der Waals surface area contributed by atoms with Crippen molar-refractivity contribution in [2.75, 3.05) is 0 Å². The monoisotopic (exact) mass is 311 g/mol. The van der Waals surface area contributed by atoms with E-state index in [-0.39, 0.29) is 0 Å². The summed E-state index contributed by atoms with van der Waals surface area (Å²) in [6.07, 6.45) is 5.26. The van der Waals surface area contributed by atoms with Gasteiger partial charge < -0.3 is 0 Å². The van der Waals surface area contributed by atoms with Crippen molar-refractivity contribution in [2.45, 2.75) is 13.8 Å². The van der Waals surface area contributed by atoms with Crippen molar-refractivity contribution in [1.82, 2.24) is 15.0 Å². The average Bonchev–Trinajstić information content (AvgIpc) is 2.60. The van der Waals surface area contributed by atoms with E-state index in [0.717, 1.165) is 33.3 Å². The van der Waals surface area contributed by atoms with Gasteiger partial charge >= 0.3 is 0 Å². The highest BCUT2D eigenvalue weighted by atomic mass is 14.8. The number of hydrogen-bond donors (Lipinski definition) is 0. The Morgan fingerprint density at radius 1 is 0.667 bits per heavy atom. The fourth-order valence-electron chi connectivity index (χ4n) is 3.12. The van der Waals surface area contributed by atoms with Crippen LogP contribution in [0.4, 0.5) is 0 Å². The number of hydrogen-bond acceptors (Lipinski definition) is 3. The highest BCUT2D eigenvalue weighted by Gasteiger charge is 2.09. The van der Waals surface area contributed by atoms with E-state index in [1.807, 2.05) is 12.1 Å². The van der Waals surface area contributed by atoms with Crippen LogP contribution in [0.2, 0.25) is 0 Å². The van der Waals surface area contributed by atoms with Crippen molar-refractivity contribution < 1.29 is 0 Å². The Labute approximate surface area is 141 Å². The van der Waals surface area contributed by atoms with Gasteiger partial charge in [-0.15, -0.1) is 0 Å². The SMILES string of the molecule is Cc1cc(C)cc(-c2ncnc3cc(-c4ccncc4)ccc23)c1. The van der Waals surface area contributed by atoms with Crippen molar-refractivity contribution in [3.63, 3.8) is 0 Å². The number of fused-ring (bicyclic) bond motifs is 1. The van der Waals surface area contributed by atoms with Gasteiger partial charge in [0.1, 0.15) is 6.33 Å². The highest BCUT2D eigenvalue weighted by molar-refractivity contribution is 5.94. The van der Waals surface area contributed by atoms with Crippen LogP contribution in [0, 0.1) is 13.8 Å². The maximum atomic E-state index is 4.54. The Hall–Kier alpha value is -3.07. The lowest BCUT2D eigenvalue weighted by Crippen LogP contribution is -1.91. The molecule has 0 N–H and O–H groups in total. The van der Waals surface area contributed by atoms with E-state index >= 15 is 0 Å². The summed E-state index contributed by atoms with van der Waals surface area (Å²) in [6, 6.07) is 16.9. The summed E-state index contributed by atoms with van der Waals surface area (Å²) in [6.45, 7) is 4.23. The Bertz CT molecular complexity index is 1000. The third-order valence-corrected chi connectivity index (χ3v) is 4.15. The molecule has 0 saturated heterocycles. The second-order valence-corrected chi connectivity index (χ2v) is 6.07. The molecule has 0 unspecified atom stereocenters. The van der Waals surface area contributed by atoms with Crippen LogP contribution in [0.5, 0.6) is 0 Å². The van der Waals surface area contributed by atoms with E-state index in [4.69, 9.17) is 0 Å². The minimum atomic E-state index is 0.952. The van der Waals surface area contributed by atoms with Crippen molar-refractivity contribution in [1.29, 1.82) is 0 Å². The maximum absolute atomic E-state index is 4.54. The number of rotatable bonds is 2. The van der Waals surface area contributed by atoms with E-state index in [1.165, 1.54) is 11.1 Å². The molecule has 0 bridgehead atoms. The minimum absolute atomic E-state index is 0.952. The first-order valence-corrected chi connectivity index (χ1v) is 7.94. The first kappa shape index (κ1) is 14.5. The Morgan fingerprint density at radius 2 is 1.42 bits per heavy atom. The lowest BCUT2D eigenvalue weighted by Gasteiger charge is -2.09. The molecule has 3 heteroatoms. The first-order chi connectivity index (χ1) is 11.7. The Morgan fingerprint density at radius 3 is 2.17 bits per heavy atom. The Balaban J connectivity index is 1.90. The average molecular weight is 311 g/mol. The molecule has 0 aliphatic heterocycles. The summed E-state index contributed by atoms with van der Waals surface area (Å²) < 4.78 is 0. The zero-order chi connectivity index (χ0) is 16.5. The number of pyridine rings is 1. The smallest absolute Gasteiger partial charge is 0.116 e. The highest BCUT2D eigenvalue weighted by Crippen LogP contribution is 2.29. The van der Waals surface area contributed by atoms with Crippen LogP contribution in [0.15, 0.2) is 67.3 Å². The summed E-state index contributed by atoms with van der Waals surface area (Å²) in [7, 11) is 0. The molecule has 0 atom stereocenters. The van der Waals surface area contributed by atoms with E-state index in [1.54, 1.807) is 18.7 Å². The van der Waals surface area contributed by atoms with Crippen molar-refractivity contribution in [3.05, 3.63) is 78.4 Å². The first-order valence-electron chi connectivity index (χ1n) is 7.94. The summed E-state index contributed by atoms with van der Waals surface area (Å²) in [5.41, 5.74) is 7.82. The quantitative estimate of drug-likeness (QED) is 0.524. The number of aryl methyl sites for hydroxylation is 2. The molecule has 116 valence electrons. The van der Waals surface area contributed by atoms with Crippen LogP contribution in [0.25, 0.3) is 33.3 Å². The molecule has 0 radical (unpaired) electrons. The van der Waals surface area contributed by atoms with Gasteiger partial charge in [0, 0.05) is 23.3 Å². The van der Waals surface area contributed by atoms with Gasteiger partial charge in [-0.1, -0.05) is 23.3 Å². The molecular formula is C21H17N3.